The minimum absolute atomic E-state index is 0.207. The number of carbonyl (C=O) groups excluding carboxylic acids is 3. The number of aliphatic hydroxyl groups excluding tert-OH is 1. The third-order valence-electron chi connectivity index (χ3n) is 1.92. The fourth-order valence-electron chi connectivity index (χ4n) is 0.658. The Kier molecular flexibility index (Phi) is 11.2. The molecule has 7 nitrogen and oxygen atoms in total. The molecule has 0 heterocycles. The summed E-state index contributed by atoms with van der Waals surface area (Å²) in [5.41, 5.74) is 2.86. The lowest BCUT2D eigenvalue weighted by Gasteiger charge is -2.05. The number of aliphatic hydroxyl groups is 1. The Balaban J connectivity index is 0. The van der Waals surface area contributed by atoms with Gasteiger partial charge in [-0.1, -0.05) is 19.7 Å². The predicted molar refractivity (Wildman–Crippen MR) is 83.4 cm³/mol. The van der Waals surface area contributed by atoms with Crippen LogP contribution in [0.1, 0.15) is 27.7 Å². The van der Waals surface area contributed by atoms with E-state index in [1.807, 2.05) is 5.48 Å². The van der Waals surface area contributed by atoms with Crippen LogP contribution < -0.4 is 10.8 Å². The lowest BCUT2D eigenvalue weighted by Crippen LogP contribution is -2.30. The van der Waals surface area contributed by atoms with Gasteiger partial charge in [0.15, 0.2) is 0 Å². The van der Waals surface area contributed by atoms with Gasteiger partial charge in [-0.15, -0.1) is 0 Å². The van der Waals surface area contributed by atoms with E-state index < -0.39 is 18.0 Å². The summed E-state index contributed by atoms with van der Waals surface area (Å²) in [7, 11) is 0. The first-order valence-electron chi connectivity index (χ1n) is 6.43. The molecule has 0 aliphatic rings. The highest BCUT2D eigenvalue weighted by molar-refractivity contribution is 5.93. The van der Waals surface area contributed by atoms with Crippen molar-refractivity contribution < 1.29 is 24.3 Å². The molecule has 0 aromatic carbocycles. The van der Waals surface area contributed by atoms with Crippen molar-refractivity contribution in [2.24, 2.45) is 0 Å². The monoisotopic (exact) mass is 312 g/mol. The quantitative estimate of drug-likeness (QED) is 0.514. The van der Waals surface area contributed by atoms with E-state index >= 15 is 0 Å². The summed E-state index contributed by atoms with van der Waals surface area (Å²) >= 11 is 0. The first-order valence-corrected chi connectivity index (χ1v) is 6.43. The normalized spacial score (nSPS) is 10.2. The molecule has 0 rings (SSSR count). The molecule has 0 spiro atoms. The van der Waals surface area contributed by atoms with Gasteiger partial charge in [-0.05, 0) is 27.7 Å². The van der Waals surface area contributed by atoms with Gasteiger partial charge in [-0.3, -0.25) is 9.59 Å². The number of nitrogens with one attached hydrogen (secondary N) is 2. The van der Waals surface area contributed by atoms with Crippen molar-refractivity contribution in [3.63, 3.8) is 0 Å². The Labute approximate surface area is 130 Å². The average molecular weight is 312 g/mol. The summed E-state index contributed by atoms with van der Waals surface area (Å²) in [4.78, 5) is 36.5. The molecule has 0 aliphatic heterocycles. The van der Waals surface area contributed by atoms with Crippen LogP contribution in [-0.4, -0.2) is 35.5 Å². The largest absolute Gasteiger partial charge is 0.392 e. The van der Waals surface area contributed by atoms with E-state index in [1.54, 1.807) is 13.8 Å². The Bertz CT molecular complexity index is 441. The molecule has 0 aliphatic carbocycles. The van der Waals surface area contributed by atoms with E-state index in [9.17, 15) is 14.4 Å². The van der Waals surface area contributed by atoms with Crippen LogP contribution in [0.5, 0.6) is 0 Å². The van der Waals surface area contributed by atoms with E-state index in [-0.39, 0.29) is 23.6 Å². The topological polar surface area (TPSA) is 105 Å². The summed E-state index contributed by atoms with van der Waals surface area (Å²) in [6.45, 7) is 16.6. The molecule has 22 heavy (non-hydrogen) atoms. The SMILES string of the molecule is C=C(C)C(=O)NCC(C)O.C=C(C)C(=O)NOC(=O)C(=C)C. The van der Waals surface area contributed by atoms with Crippen molar-refractivity contribution in [3.05, 3.63) is 36.5 Å². The number of hydrogen-bond donors (Lipinski definition) is 3. The highest BCUT2D eigenvalue weighted by atomic mass is 16.7. The van der Waals surface area contributed by atoms with Crippen LogP contribution in [0, 0.1) is 0 Å². The molecule has 0 saturated carbocycles. The third kappa shape index (κ3) is 12.6. The van der Waals surface area contributed by atoms with Gasteiger partial charge in [0.1, 0.15) is 0 Å². The summed E-state index contributed by atoms with van der Waals surface area (Å²) in [6.07, 6.45) is -0.497. The summed E-state index contributed by atoms with van der Waals surface area (Å²) in [6, 6.07) is 0. The second kappa shape index (κ2) is 11.3. The highest BCUT2D eigenvalue weighted by Gasteiger charge is 2.06. The van der Waals surface area contributed by atoms with Gasteiger partial charge < -0.3 is 15.3 Å². The molecular formula is C15H24N2O5. The fraction of sp³-hybridized carbons (Fsp3) is 0.400. The average Bonchev–Trinajstić information content (AvgIpc) is 2.41. The smallest absolute Gasteiger partial charge is 0.358 e. The lowest BCUT2D eigenvalue weighted by atomic mass is 10.3. The van der Waals surface area contributed by atoms with Gasteiger partial charge in [0.2, 0.25) is 5.91 Å². The molecule has 0 radical (unpaired) electrons. The lowest BCUT2D eigenvalue weighted by molar-refractivity contribution is -0.152. The van der Waals surface area contributed by atoms with Gasteiger partial charge in [0.05, 0.1) is 6.10 Å². The molecular weight excluding hydrogens is 288 g/mol. The second-order valence-electron chi connectivity index (χ2n) is 4.72. The molecule has 0 aromatic heterocycles. The summed E-state index contributed by atoms with van der Waals surface area (Å²) in [5, 5.41) is 11.2. The molecule has 7 heteroatoms. The van der Waals surface area contributed by atoms with Crippen molar-refractivity contribution in [1.29, 1.82) is 0 Å². The second-order valence-corrected chi connectivity index (χ2v) is 4.72. The summed E-state index contributed by atoms with van der Waals surface area (Å²) in [5.74, 6) is -1.39. The van der Waals surface area contributed by atoms with Gasteiger partial charge in [0, 0.05) is 23.3 Å². The number of hydroxylamine groups is 1. The van der Waals surface area contributed by atoms with Crippen LogP contribution in [0.25, 0.3) is 0 Å². The minimum Gasteiger partial charge on any atom is -0.392 e. The van der Waals surface area contributed by atoms with Crippen molar-refractivity contribution in [3.8, 4) is 0 Å². The first kappa shape index (κ1) is 21.9. The van der Waals surface area contributed by atoms with Crippen molar-refractivity contribution in [2.75, 3.05) is 6.54 Å². The van der Waals surface area contributed by atoms with Gasteiger partial charge >= 0.3 is 5.97 Å². The number of carbonyl (C=O) groups is 3. The van der Waals surface area contributed by atoms with Crippen LogP contribution >= 0.6 is 0 Å². The zero-order chi connectivity index (χ0) is 17.9. The minimum atomic E-state index is -0.662. The predicted octanol–water partition coefficient (Wildman–Crippen LogP) is 0.772. The molecule has 1 atom stereocenters. The van der Waals surface area contributed by atoms with E-state index in [1.165, 1.54) is 13.8 Å². The third-order valence-corrected chi connectivity index (χ3v) is 1.92. The van der Waals surface area contributed by atoms with E-state index in [0.717, 1.165) is 0 Å². The Hall–Kier alpha value is -2.41. The van der Waals surface area contributed by atoms with E-state index in [0.29, 0.717) is 5.57 Å². The van der Waals surface area contributed by atoms with Crippen molar-refractivity contribution in [1.82, 2.24) is 10.8 Å². The molecule has 2 amide bonds. The molecule has 0 bridgehead atoms. The van der Waals surface area contributed by atoms with Crippen LogP contribution in [0.15, 0.2) is 36.5 Å². The molecule has 0 aromatic rings. The number of amides is 2. The van der Waals surface area contributed by atoms with Gasteiger partial charge in [-0.25, -0.2) is 4.79 Å². The molecule has 124 valence electrons. The molecule has 1 unspecified atom stereocenters. The maximum Gasteiger partial charge on any atom is 0.358 e. The van der Waals surface area contributed by atoms with E-state index in [4.69, 9.17) is 5.11 Å². The Morgan fingerprint density at radius 3 is 1.77 bits per heavy atom. The maximum absolute atomic E-state index is 10.8. The fourth-order valence-corrected chi connectivity index (χ4v) is 0.658. The Morgan fingerprint density at radius 1 is 1.00 bits per heavy atom. The molecule has 0 fully saturated rings. The standard InChI is InChI=1S/C8H11NO3.C7H13NO2/c1-5(2)7(10)9-12-8(11)6(3)4;1-5(2)7(10)8-4-6(3)9/h1,3H2,2,4H3,(H,9,10);6,9H,1,4H2,2-3H3,(H,8,10). The molecule has 3 N–H and O–H groups in total. The highest BCUT2D eigenvalue weighted by Crippen LogP contribution is 1.91. The van der Waals surface area contributed by atoms with Gasteiger partial charge in [0.25, 0.3) is 5.91 Å². The van der Waals surface area contributed by atoms with Crippen molar-refractivity contribution in [2.45, 2.75) is 33.8 Å². The zero-order valence-corrected chi connectivity index (χ0v) is 13.5. The van der Waals surface area contributed by atoms with E-state index in [2.05, 4.69) is 29.9 Å². The van der Waals surface area contributed by atoms with Gasteiger partial charge in [-0.2, -0.15) is 5.48 Å². The number of rotatable bonds is 5. The van der Waals surface area contributed by atoms with Crippen LogP contribution in [-0.2, 0) is 19.2 Å². The summed E-state index contributed by atoms with van der Waals surface area (Å²) < 4.78 is 0. The van der Waals surface area contributed by atoms with Crippen molar-refractivity contribution >= 4 is 17.8 Å². The van der Waals surface area contributed by atoms with Crippen LogP contribution in [0.3, 0.4) is 0 Å². The Morgan fingerprint density at radius 2 is 1.45 bits per heavy atom. The molecule has 0 saturated heterocycles. The number of hydrogen-bond acceptors (Lipinski definition) is 5. The first-order chi connectivity index (χ1) is 9.98. The van der Waals surface area contributed by atoms with Crippen LogP contribution in [0.2, 0.25) is 0 Å². The zero-order valence-electron chi connectivity index (χ0n) is 13.5. The maximum atomic E-state index is 10.8. The van der Waals surface area contributed by atoms with Crippen LogP contribution in [0.4, 0.5) is 0 Å².